The third kappa shape index (κ3) is 3.40. The fourth-order valence-corrected chi connectivity index (χ4v) is 3.68. The van der Waals surface area contributed by atoms with Gasteiger partial charge in [-0.25, -0.2) is 4.99 Å². The van der Waals surface area contributed by atoms with E-state index in [0.29, 0.717) is 0 Å². The molecule has 4 nitrogen and oxygen atoms in total. The van der Waals surface area contributed by atoms with E-state index < -0.39 is 0 Å². The number of carbonyl (C=O) groups excluding carboxylic acids is 1. The van der Waals surface area contributed by atoms with Crippen LogP contribution in [-0.4, -0.2) is 46.4 Å². The predicted octanol–water partition coefficient (Wildman–Crippen LogP) is 1.86. The maximum absolute atomic E-state index is 12.2. The maximum Gasteiger partial charge on any atom is 0.247 e. The molecule has 2 aliphatic rings. The van der Waals surface area contributed by atoms with Crippen LogP contribution >= 0.6 is 11.8 Å². The average molecular weight is 269 g/mol. The Labute approximate surface area is 114 Å². The van der Waals surface area contributed by atoms with Gasteiger partial charge in [-0.2, -0.15) is 0 Å². The minimum Gasteiger partial charge on any atom is -0.360 e. The van der Waals surface area contributed by atoms with Crippen LogP contribution in [0.4, 0.5) is 0 Å². The first-order valence-electron chi connectivity index (χ1n) is 6.75. The summed E-state index contributed by atoms with van der Waals surface area (Å²) in [6, 6.07) is -0.257. The zero-order chi connectivity index (χ0) is 13.2. The molecule has 0 aromatic carbocycles. The number of hydrogen-bond acceptors (Lipinski definition) is 3. The van der Waals surface area contributed by atoms with Gasteiger partial charge in [0, 0.05) is 24.4 Å². The van der Waals surface area contributed by atoms with E-state index in [1.165, 1.54) is 0 Å². The van der Waals surface area contributed by atoms with Gasteiger partial charge >= 0.3 is 0 Å². The highest BCUT2D eigenvalue weighted by Crippen LogP contribution is 2.22. The quantitative estimate of drug-likeness (QED) is 0.832. The lowest BCUT2D eigenvalue weighted by atomic mass is 10.0. The van der Waals surface area contributed by atoms with Crippen molar-refractivity contribution in [1.29, 1.82) is 0 Å². The van der Waals surface area contributed by atoms with Crippen molar-refractivity contribution < 1.29 is 4.79 Å². The molecule has 0 spiro atoms. The number of amides is 1. The first-order valence-corrected chi connectivity index (χ1v) is 7.74. The van der Waals surface area contributed by atoms with Crippen LogP contribution in [0.1, 0.15) is 40.0 Å². The molecule has 2 saturated heterocycles. The molecule has 0 saturated carbocycles. The summed E-state index contributed by atoms with van der Waals surface area (Å²) < 4.78 is 0. The molecule has 1 unspecified atom stereocenters. The smallest absolute Gasteiger partial charge is 0.247 e. The van der Waals surface area contributed by atoms with Gasteiger partial charge in [-0.05, 0) is 40.0 Å². The van der Waals surface area contributed by atoms with E-state index in [2.05, 4.69) is 24.2 Å². The molecular weight excluding hydrogens is 246 g/mol. The molecule has 0 radical (unpaired) electrons. The van der Waals surface area contributed by atoms with Crippen molar-refractivity contribution >= 4 is 22.8 Å². The zero-order valence-electron chi connectivity index (χ0n) is 11.5. The van der Waals surface area contributed by atoms with E-state index >= 15 is 0 Å². The summed E-state index contributed by atoms with van der Waals surface area (Å²) in [6.45, 7) is 8.06. The van der Waals surface area contributed by atoms with Gasteiger partial charge < -0.3 is 10.2 Å². The molecule has 0 aromatic heterocycles. The van der Waals surface area contributed by atoms with Gasteiger partial charge in [-0.3, -0.25) is 4.79 Å². The van der Waals surface area contributed by atoms with Crippen molar-refractivity contribution in [2.45, 2.75) is 51.6 Å². The van der Waals surface area contributed by atoms with Gasteiger partial charge in [0.05, 0.1) is 0 Å². The Balaban J connectivity index is 1.96. The second-order valence-electron chi connectivity index (χ2n) is 5.75. The Bertz CT molecular complexity index is 348. The molecule has 2 fully saturated rings. The molecule has 1 N–H and O–H groups in total. The van der Waals surface area contributed by atoms with Crippen molar-refractivity contribution in [3.05, 3.63) is 0 Å². The number of carbonyl (C=O) groups is 1. The molecular formula is C13H23N3OS. The first kappa shape index (κ1) is 13.7. The van der Waals surface area contributed by atoms with Crippen LogP contribution in [0.3, 0.4) is 0 Å². The fraction of sp³-hybridized carbons (Fsp3) is 0.846. The van der Waals surface area contributed by atoms with Crippen molar-refractivity contribution in [2.75, 3.05) is 18.8 Å². The van der Waals surface area contributed by atoms with E-state index in [4.69, 9.17) is 0 Å². The lowest BCUT2D eigenvalue weighted by Gasteiger charge is -2.32. The highest BCUT2D eigenvalue weighted by Gasteiger charge is 2.27. The summed E-state index contributed by atoms with van der Waals surface area (Å²) in [5, 5.41) is 4.33. The van der Waals surface area contributed by atoms with E-state index in [1.54, 1.807) is 11.8 Å². The van der Waals surface area contributed by atoms with E-state index in [-0.39, 0.29) is 17.5 Å². The molecule has 1 amide bonds. The molecule has 1 atom stereocenters. The second kappa shape index (κ2) is 5.51. The van der Waals surface area contributed by atoms with Crippen molar-refractivity contribution in [3.63, 3.8) is 0 Å². The summed E-state index contributed by atoms with van der Waals surface area (Å²) in [5.41, 5.74) is 0.0977. The third-order valence-electron chi connectivity index (χ3n) is 3.50. The minimum absolute atomic E-state index is 0.0977. The fourth-order valence-electron chi connectivity index (χ4n) is 2.29. The number of nitrogens with zero attached hydrogens (tertiary/aromatic N) is 2. The van der Waals surface area contributed by atoms with Gasteiger partial charge in [0.15, 0.2) is 5.17 Å². The summed E-state index contributed by atoms with van der Waals surface area (Å²) >= 11 is 1.72. The first-order chi connectivity index (χ1) is 8.48. The SMILES string of the molecule is CC(N=C1NC(C)(C)CCS1)C(=O)N1CCCC1. The summed E-state index contributed by atoms with van der Waals surface area (Å²) in [6.07, 6.45) is 3.40. The van der Waals surface area contributed by atoms with Crippen molar-refractivity contribution in [2.24, 2.45) is 4.99 Å². The molecule has 18 heavy (non-hydrogen) atoms. The molecule has 2 heterocycles. The van der Waals surface area contributed by atoms with Crippen molar-refractivity contribution in [3.8, 4) is 0 Å². The van der Waals surface area contributed by atoms with E-state index in [1.807, 2.05) is 11.8 Å². The Morgan fingerprint density at radius 1 is 1.44 bits per heavy atom. The van der Waals surface area contributed by atoms with Crippen LogP contribution < -0.4 is 5.32 Å². The normalized spacial score (nSPS) is 27.1. The minimum atomic E-state index is -0.257. The summed E-state index contributed by atoms with van der Waals surface area (Å²) in [5.74, 6) is 1.24. The number of rotatable bonds is 2. The number of hydrogen-bond donors (Lipinski definition) is 1. The van der Waals surface area contributed by atoms with Gasteiger partial charge in [-0.15, -0.1) is 0 Å². The Morgan fingerprint density at radius 2 is 2.11 bits per heavy atom. The van der Waals surface area contributed by atoms with Crippen LogP contribution in [0.5, 0.6) is 0 Å². The second-order valence-corrected chi connectivity index (χ2v) is 6.83. The lowest BCUT2D eigenvalue weighted by molar-refractivity contribution is -0.131. The zero-order valence-corrected chi connectivity index (χ0v) is 12.3. The highest BCUT2D eigenvalue weighted by atomic mass is 32.2. The largest absolute Gasteiger partial charge is 0.360 e. The monoisotopic (exact) mass is 269 g/mol. The molecule has 2 aliphatic heterocycles. The van der Waals surface area contributed by atoms with Crippen LogP contribution in [-0.2, 0) is 4.79 Å². The predicted molar refractivity (Wildman–Crippen MR) is 77.0 cm³/mol. The number of likely N-dealkylation sites (tertiary alicyclic amines) is 1. The Kier molecular flexibility index (Phi) is 4.20. The number of thioether (sulfide) groups is 1. The number of nitrogens with one attached hydrogen (secondary N) is 1. The van der Waals surface area contributed by atoms with Gasteiger partial charge in [0.25, 0.3) is 0 Å². The van der Waals surface area contributed by atoms with E-state index in [0.717, 1.165) is 43.3 Å². The standard InChI is InChI=1S/C13H23N3OS/c1-10(11(17)16-7-4-5-8-16)14-12-15-13(2,3)6-9-18-12/h10H,4-9H2,1-3H3,(H,14,15). The van der Waals surface area contributed by atoms with E-state index in [9.17, 15) is 4.79 Å². The third-order valence-corrected chi connectivity index (χ3v) is 4.39. The summed E-state index contributed by atoms with van der Waals surface area (Å²) in [4.78, 5) is 18.7. The van der Waals surface area contributed by atoms with Crippen LogP contribution in [0.2, 0.25) is 0 Å². The Hall–Kier alpha value is -0.710. The molecule has 2 rings (SSSR count). The molecule has 5 heteroatoms. The Morgan fingerprint density at radius 3 is 2.72 bits per heavy atom. The lowest BCUT2D eigenvalue weighted by Crippen LogP contribution is -2.47. The topological polar surface area (TPSA) is 44.7 Å². The molecule has 0 aliphatic carbocycles. The van der Waals surface area contributed by atoms with Crippen molar-refractivity contribution in [1.82, 2.24) is 10.2 Å². The number of aliphatic imine (C=N–C) groups is 1. The van der Waals surface area contributed by atoms with Crippen LogP contribution in [0.15, 0.2) is 4.99 Å². The summed E-state index contributed by atoms with van der Waals surface area (Å²) in [7, 11) is 0. The van der Waals surface area contributed by atoms with Crippen LogP contribution in [0, 0.1) is 0 Å². The molecule has 0 bridgehead atoms. The number of amidine groups is 1. The molecule has 102 valence electrons. The maximum atomic E-state index is 12.2. The highest BCUT2D eigenvalue weighted by molar-refractivity contribution is 8.13. The van der Waals surface area contributed by atoms with Gasteiger partial charge in [0.1, 0.15) is 6.04 Å². The average Bonchev–Trinajstić information content (AvgIpc) is 2.79. The van der Waals surface area contributed by atoms with Crippen LogP contribution in [0.25, 0.3) is 0 Å². The van der Waals surface area contributed by atoms with Gasteiger partial charge in [-0.1, -0.05) is 11.8 Å². The van der Waals surface area contributed by atoms with Gasteiger partial charge in [0.2, 0.25) is 5.91 Å². The molecule has 0 aromatic rings.